The maximum Gasteiger partial charge on any atom is 0.244 e. The van der Waals surface area contributed by atoms with Gasteiger partial charge in [0.25, 0.3) is 0 Å². The number of ether oxygens (including phenoxy) is 2. The topological polar surface area (TPSA) is 81.2 Å². The molecule has 0 unspecified atom stereocenters. The second-order valence-electron chi connectivity index (χ2n) is 5.87. The number of benzene rings is 2. The summed E-state index contributed by atoms with van der Waals surface area (Å²) in [5.41, 5.74) is 2.34. The van der Waals surface area contributed by atoms with Gasteiger partial charge in [0.1, 0.15) is 0 Å². The molecule has 26 heavy (non-hydrogen) atoms. The minimum atomic E-state index is 0.278. The van der Waals surface area contributed by atoms with Crippen LogP contribution >= 0.6 is 0 Å². The fourth-order valence-corrected chi connectivity index (χ4v) is 2.67. The van der Waals surface area contributed by atoms with E-state index in [-0.39, 0.29) is 6.79 Å². The third kappa shape index (κ3) is 4.00. The van der Waals surface area contributed by atoms with Crippen LogP contribution in [0.2, 0.25) is 0 Å². The molecule has 0 aliphatic carbocycles. The molecule has 4 rings (SSSR count). The predicted octanol–water partition coefficient (Wildman–Crippen LogP) is 2.87. The molecule has 0 atom stereocenters. The number of fused-ring (bicyclic) bond motifs is 1. The summed E-state index contributed by atoms with van der Waals surface area (Å²) in [5, 5.41) is 14.5. The summed E-state index contributed by atoms with van der Waals surface area (Å²) in [6.45, 7) is 1.64. The van der Waals surface area contributed by atoms with Crippen molar-refractivity contribution in [2.75, 3.05) is 24.0 Å². The summed E-state index contributed by atoms with van der Waals surface area (Å²) in [6.07, 6.45) is 2.51. The third-order valence-corrected chi connectivity index (χ3v) is 4.01. The Hall–Kier alpha value is -3.35. The Balaban J connectivity index is 1.31. The zero-order valence-electron chi connectivity index (χ0n) is 14.2. The van der Waals surface area contributed by atoms with Crippen LogP contribution in [0, 0.1) is 0 Å². The average molecular weight is 349 g/mol. The molecule has 2 heterocycles. The van der Waals surface area contributed by atoms with Crippen LogP contribution in [0.4, 0.5) is 11.8 Å². The van der Waals surface area contributed by atoms with Crippen LogP contribution in [-0.4, -0.2) is 28.5 Å². The summed E-state index contributed by atoms with van der Waals surface area (Å²) < 4.78 is 10.7. The highest BCUT2D eigenvalue weighted by atomic mass is 16.7. The Morgan fingerprint density at radius 3 is 2.73 bits per heavy atom. The largest absolute Gasteiger partial charge is 0.454 e. The Morgan fingerprint density at radius 2 is 1.81 bits per heavy atom. The molecule has 0 saturated carbocycles. The summed E-state index contributed by atoms with van der Waals surface area (Å²) >= 11 is 0. The van der Waals surface area contributed by atoms with Gasteiger partial charge in [-0.15, -0.1) is 5.10 Å². The van der Waals surface area contributed by atoms with Crippen molar-refractivity contribution < 1.29 is 9.47 Å². The first-order valence-corrected chi connectivity index (χ1v) is 8.47. The van der Waals surface area contributed by atoms with E-state index in [1.54, 1.807) is 6.20 Å². The number of hydrogen-bond acceptors (Lipinski definition) is 7. The molecule has 132 valence electrons. The second-order valence-corrected chi connectivity index (χ2v) is 5.87. The molecule has 0 saturated heterocycles. The number of hydrogen-bond donors (Lipinski definition) is 2. The maximum absolute atomic E-state index is 5.39. The SMILES string of the molecule is c1ccc(CCNc2nncc(NCc3ccc4c(c3)OCO4)n2)cc1. The van der Waals surface area contributed by atoms with E-state index in [0.29, 0.717) is 18.3 Å². The van der Waals surface area contributed by atoms with Gasteiger partial charge < -0.3 is 20.1 Å². The van der Waals surface area contributed by atoms with Crippen LogP contribution in [0.15, 0.2) is 54.7 Å². The first-order valence-electron chi connectivity index (χ1n) is 8.47. The summed E-state index contributed by atoms with van der Waals surface area (Å²) in [4.78, 5) is 4.44. The minimum absolute atomic E-state index is 0.278. The zero-order chi connectivity index (χ0) is 17.6. The van der Waals surface area contributed by atoms with Crippen molar-refractivity contribution in [1.29, 1.82) is 0 Å². The second kappa shape index (κ2) is 7.69. The van der Waals surface area contributed by atoms with Crippen LogP contribution in [0.5, 0.6) is 11.5 Å². The number of rotatable bonds is 7. The monoisotopic (exact) mass is 349 g/mol. The van der Waals surface area contributed by atoms with E-state index in [4.69, 9.17) is 9.47 Å². The summed E-state index contributed by atoms with van der Waals surface area (Å²) in [5.74, 6) is 2.73. The van der Waals surface area contributed by atoms with Gasteiger partial charge in [0.2, 0.25) is 12.7 Å². The highest BCUT2D eigenvalue weighted by Gasteiger charge is 2.13. The van der Waals surface area contributed by atoms with Crippen molar-refractivity contribution in [3.63, 3.8) is 0 Å². The quantitative estimate of drug-likeness (QED) is 0.679. The molecule has 2 aromatic carbocycles. The van der Waals surface area contributed by atoms with Crippen LogP contribution in [0.25, 0.3) is 0 Å². The molecule has 0 amide bonds. The standard InChI is InChI=1S/C19H19N5O2/c1-2-4-14(5-3-1)8-9-20-19-23-18(12-22-24-19)21-11-15-6-7-16-17(10-15)26-13-25-16/h1-7,10,12H,8-9,11,13H2,(H2,20,21,23,24). The molecular formula is C19H19N5O2. The lowest BCUT2D eigenvalue weighted by molar-refractivity contribution is 0.174. The number of aromatic nitrogens is 3. The van der Waals surface area contributed by atoms with Crippen molar-refractivity contribution in [2.24, 2.45) is 0 Å². The molecule has 0 radical (unpaired) electrons. The molecule has 1 aliphatic heterocycles. The van der Waals surface area contributed by atoms with Crippen molar-refractivity contribution in [3.8, 4) is 11.5 Å². The van der Waals surface area contributed by atoms with Gasteiger partial charge in [-0.3, -0.25) is 0 Å². The Labute approximate surface area is 151 Å². The van der Waals surface area contributed by atoms with Gasteiger partial charge in [-0.05, 0) is 29.7 Å². The van der Waals surface area contributed by atoms with Crippen molar-refractivity contribution in [1.82, 2.24) is 15.2 Å². The molecule has 3 aromatic rings. The van der Waals surface area contributed by atoms with E-state index in [0.717, 1.165) is 30.0 Å². The maximum atomic E-state index is 5.39. The zero-order valence-corrected chi connectivity index (χ0v) is 14.2. The van der Waals surface area contributed by atoms with Crippen molar-refractivity contribution in [3.05, 3.63) is 65.9 Å². The van der Waals surface area contributed by atoms with Gasteiger partial charge >= 0.3 is 0 Å². The number of nitrogens with one attached hydrogen (secondary N) is 2. The number of anilines is 2. The highest BCUT2D eigenvalue weighted by Crippen LogP contribution is 2.32. The predicted molar refractivity (Wildman–Crippen MR) is 98.4 cm³/mol. The van der Waals surface area contributed by atoms with Crippen LogP contribution in [0.1, 0.15) is 11.1 Å². The Kier molecular flexibility index (Phi) is 4.77. The number of nitrogens with zero attached hydrogens (tertiary/aromatic N) is 3. The first-order chi connectivity index (χ1) is 12.9. The minimum Gasteiger partial charge on any atom is -0.454 e. The molecular weight excluding hydrogens is 330 g/mol. The molecule has 0 fully saturated rings. The molecule has 2 N–H and O–H groups in total. The fourth-order valence-electron chi connectivity index (χ4n) is 2.67. The highest BCUT2D eigenvalue weighted by molar-refractivity contribution is 5.46. The van der Waals surface area contributed by atoms with Gasteiger partial charge in [-0.25, -0.2) is 0 Å². The van der Waals surface area contributed by atoms with Crippen LogP contribution in [0.3, 0.4) is 0 Å². The molecule has 1 aromatic heterocycles. The van der Waals surface area contributed by atoms with Gasteiger partial charge in [0.05, 0.1) is 6.20 Å². The van der Waals surface area contributed by atoms with Crippen molar-refractivity contribution >= 4 is 11.8 Å². The van der Waals surface area contributed by atoms with E-state index >= 15 is 0 Å². The van der Waals surface area contributed by atoms with Gasteiger partial charge in [-0.1, -0.05) is 36.4 Å². The van der Waals surface area contributed by atoms with Crippen LogP contribution < -0.4 is 20.1 Å². The van der Waals surface area contributed by atoms with E-state index in [1.807, 2.05) is 36.4 Å². The molecule has 0 bridgehead atoms. The Bertz CT molecular complexity index is 873. The lowest BCUT2D eigenvalue weighted by Gasteiger charge is -2.08. The smallest absolute Gasteiger partial charge is 0.244 e. The van der Waals surface area contributed by atoms with Crippen LogP contribution in [-0.2, 0) is 13.0 Å². The molecule has 0 spiro atoms. The average Bonchev–Trinajstić information content (AvgIpc) is 3.15. The van der Waals surface area contributed by atoms with E-state index in [2.05, 4.69) is 37.9 Å². The van der Waals surface area contributed by atoms with E-state index < -0.39 is 0 Å². The molecule has 7 nitrogen and oxygen atoms in total. The normalized spacial score (nSPS) is 12.0. The van der Waals surface area contributed by atoms with Gasteiger partial charge in [0, 0.05) is 13.1 Å². The van der Waals surface area contributed by atoms with Gasteiger partial charge in [0.15, 0.2) is 17.3 Å². The van der Waals surface area contributed by atoms with E-state index in [9.17, 15) is 0 Å². The van der Waals surface area contributed by atoms with E-state index in [1.165, 1.54) is 5.56 Å². The summed E-state index contributed by atoms with van der Waals surface area (Å²) in [7, 11) is 0. The third-order valence-electron chi connectivity index (χ3n) is 4.01. The lowest BCUT2D eigenvalue weighted by Crippen LogP contribution is -2.10. The fraction of sp³-hybridized carbons (Fsp3) is 0.211. The lowest BCUT2D eigenvalue weighted by atomic mass is 10.1. The Morgan fingerprint density at radius 1 is 0.923 bits per heavy atom. The molecule has 7 heteroatoms. The first kappa shape index (κ1) is 16.1. The summed E-state index contributed by atoms with van der Waals surface area (Å²) in [6, 6.07) is 16.2. The van der Waals surface area contributed by atoms with Crippen molar-refractivity contribution in [2.45, 2.75) is 13.0 Å². The van der Waals surface area contributed by atoms with Gasteiger partial charge in [-0.2, -0.15) is 10.1 Å². The molecule has 1 aliphatic rings.